The molecule has 1 unspecified atom stereocenters. The van der Waals surface area contributed by atoms with E-state index in [1.165, 1.54) is 36.4 Å². The van der Waals surface area contributed by atoms with Gasteiger partial charge >= 0.3 is 12.1 Å². The molecule has 0 radical (unpaired) electrons. The largest absolute Gasteiger partial charge is 0.480 e. The highest BCUT2D eigenvalue weighted by atomic mass is 19.1. The average molecular weight is 451 g/mol. The number of furan rings is 1. The van der Waals surface area contributed by atoms with E-state index in [2.05, 4.69) is 0 Å². The van der Waals surface area contributed by atoms with E-state index in [-0.39, 0.29) is 18.1 Å². The Balaban J connectivity index is 1.72. The van der Waals surface area contributed by atoms with Gasteiger partial charge in [-0.25, -0.2) is 23.3 Å². The molecule has 0 spiro atoms. The highest BCUT2D eigenvalue weighted by molar-refractivity contribution is 5.97. The summed E-state index contributed by atoms with van der Waals surface area (Å²) in [5.41, 5.74) is 2.52. The average Bonchev–Trinajstić information content (AvgIpc) is 3.23. The van der Waals surface area contributed by atoms with Crippen molar-refractivity contribution in [3.8, 4) is 11.1 Å². The molecule has 0 aliphatic carbocycles. The lowest BCUT2D eigenvalue weighted by Crippen LogP contribution is -2.46. The van der Waals surface area contributed by atoms with Gasteiger partial charge < -0.3 is 14.3 Å². The van der Waals surface area contributed by atoms with Gasteiger partial charge in [-0.3, -0.25) is 0 Å². The molecular formula is C25H19F2NO5. The van der Waals surface area contributed by atoms with Crippen LogP contribution in [0, 0.1) is 11.6 Å². The number of carbonyl (C=O) groups is 2. The molecule has 0 bridgehead atoms. The van der Waals surface area contributed by atoms with Crippen molar-refractivity contribution in [3.63, 3.8) is 0 Å². The Bertz CT molecular complexity index is 1300. The number of halogens is 2. The van der Waals surface area contributed by atoms with Crippen LogP contribution < -0.4 is 4.90 Å². The Labute approximate surface area is 187 Å². The molecular weight excluding hydrogens is 432 g/mol. The lowest BCUT2D eigenvalue weighted by atomic mass is 10.0. The van der Waals surface area contributed by atoms with Gasteiger partial charge in [-0.05, 0) is 53.1 Å². The van der Waals surface area contributed by atoms with Gasteiger partial charge in [0.25, 0.3) is 0 Å². The van der Waals surface area contributed by atoms with Crippen LogP contribution in [0.25, 0.3) is 22.1 Å². The van der Waals surface area contributed by atoms with Gasteiger partial charge in [-0.15, -0.1) is 0 Å². The maximum Gasteiger partial charge on any atom is 0.417 e. The van der Waals surface area contributed by atoms with Gasteiger partial charge in [-0.2, -0.15) is 0 Å². The Morgan fingerprint density at radius 1 is 0.939 bits per heavy atom. The van der Waals surface area contributed by atoms with Crippen LogP contribution in [0.5, 0.6) is 0 Å². The van der Waals surface area contributed by atoms with Gasteiger partial charge in [0.1, 0.15) is 23.3 Å². The molecule has 8 heteroatoms. The Morgan fingerprint density at radius 2 is 1.55 bits per heavy atom. The van der Waals surface area contributed by atoms with Crippen molar-refractivity contribution in [2.75, 3.05) is 12.0 Å². The zero-order valence-electron chi connectivity index (χ0n) is 17.5. The second kappa shape index (κ2) is 9.12. The molecule has 4 rings (SSSR count). The number of fused-ring (bicyclic) bond motifs is 1. The minimum absolute atomic E-state index is 0.0115. The maximum atomic E-state index is 13.2. The summed E-state index contributed by atoms with van der Waals surface area (Å²) >= 11 is 0. The first-order valence-corrected chi connectivity index (χ1v) is 9.99. The molecule has 6 nitrogen and oxygen atoms in total. The number of hydrogen-bond donors (Lipinski definition) is 1. The fraction of sp³-hybridized carbons (Fsp3) is 0.120. The van der Waals surface area contributed by atoms with Crippen molar-refractivity contribution in [2.45, 2.75) is 12.5 Å². The fourth-order valence-corrected chi connectivity index (χ4v) is 3.57. The zero-order chi connectivity index (χ0) is 23.5. The first-order chi connectivity index (χ1) is 15.9. The second-order valence-corrected chi connectivity index (χ2v) is 7.37. The monoisotopic (exact) mass is 451 g/mol. The number of anilines is 1. The summed E-state index contributed by atoms with van der Waals surface area (Å²) in [6, 6.07) is 16.8. The van der Waals surface area contributed by atoms with Crippen LogP contribution in [0.4, 0.5) is 19.5 Å². The summed E-state index contributed by atoms with van der Waals surface area (Å²) < 4.78 is 37.1. The van der Waals surface area contributed by atoms with E-state index >= 15 is 0 Å². The third-order valence-electron chi connectivity index (χ3n) is 5.23. The van der Waals surface area contributed by atoms with Crippen molar-refractivity contribution >= 4 is 28.9 Å². The molecule has 3 aromatic carbocycles. The first-order valence-electron chi connectivity index (χ1n) is 9.99. The summed E-state index contributed by atoms with van der Waals surface area (Å²) in [6.07, 6.45) is -1.01. The van der Waals surface area contributed by atoms with Gasteiger partial charge in [0.2, 0.25) is 5.88 Å². The number of aliphatic carboxylic acids is 1. The topological polar surface area (TPSA) is 80.0 Å². The van der Waals surface area contributed by atoms with Crippen molar-refractivity contribution < 1.29 is 32.6 Å². The van der Waals surface area contributed by atoms with E-state index in [0.29, 0.717) is 16.5 Å². The molecule has 1 heterocycles. The van der Waals surface area contributed by atoms with Crippen LogP contribution in [0.3, 0.4) is 0 Å². The Kier molecular flexibility index (Phi) is 6.08. The Hall–Kier alpha value is -4.20. The third-order valence-corrected chi connectivity index (χ3v) is 5.23. The maximum absolute atomic E-state index is 13.2. The van der Waals surface area contributed by atoms with E-state index in [1.54, 1.807) is 36.4 Å². The molecule has 1 N–H and O–H groups in total. The highest BCUT2D eigenvalue weighted by Gasteiger charge is 2.34. The van der Waals surface area contributed by atoms with Crippen LogP contribution in [-0.4, -0.2) is 30.3 Å². The summed E-state index contributed by atoms with van der Waals surface area (Å²) in [4.78, 5) is 25.6. The summed E-state index contributed by atoms with van der Waals surface area (Å²) in [5.74, 6) is -2.09. The quantitative estimate of drug-likeness (QED) is 0.410. The van der Waals surface area contributed by atoms with Crippen LogP contribution in [-0.2, 0) is 16.0 Å². The fourth-order valence-electron chi connectivity index (χ4n) is 3.57. The molecule has 0 saturated carbocycles. The summed E-state index contributed by atoms with van der Waals surface area (Å²) in [5, 5.41) is 10.5. The number of methoxy groups -OCH3 is 1. The zero-order valence-corrected chi connectivity index (χ0v) is 17.5. The molecule has 0 aliphatic heterocycles. The number of carbonyl (C=O) groups excluding carboxylic acids is 1. The van der Waals surface area contributed by atoms with Gasteiger partial charge in [-0.1, -0.05) is 30.3 Å². The standard InChI is InChI=1S/C25H19F2NO5/c1-32-25(31)28(21(24(29)30)12-15-2-7-19(26)8-3-15)23-14-18-13-17(6-11-22(18)33-23)16-4-9-20(27)10-5-16/h2-11,13-14,21H,12H2,1H3,(H,29,30). The minimum Gasteiger partial charge on any atom is -0.480 e. The van der Waals surface area contributed by atoms with Crippen LogP contribution in [0.1, 0.15) is 5.56 Å². The van der Waals surface area contributed by atoms with Crippen LogP contribution in [0.15, 0.2) is 77.2 Å². The molecule has 33 heavy (non-hydrogen) atoms. The molecule has 0 saturated heterocycles. The number of benzene rings is 3. The van der Waals surface area contributed by atoms with E-state index < -0.39 is 23.9 Å². The number of nitrogens with zero attached hydrogens (tertiary/aromatic N) is 1. The van der Waals surface area contributed by atoms with E-state index in [1.807, 2.05) is 0 Å². The predicted molar refractivity (Wildman–Crippen MR) is 118 cm³/mol. The molecule has 0 fully saturated rings. The number of hydrogen-bond acceptors (Lipinski definition) is 4. The molecule has 1 aromatic heterocycles. The minimum atomic E-state index is -1.36. The number of rotatable bonds is 6. The number of amides is 1. The van der Waals surface area contributed by atoms with Gasteiger partial charge in [0, 0.05) is 17.9 Å². The number of carboxylic acids is 1. The molecule has 1 atom stereocenters. The normalized spacial score (nSPS) is 11.8. The first kappa shape index (κ1) is 22.0. The SMILES string of the molecule is COC(=O)N(c1cc2cc(-c3ccc(F)cc3)ccc2o1)C(Cc1ccc(F)cc1)C(=O)O. The second-order valence-electron chi connectivity index (χ2n) is 7.37. The highest BCUT2D eigenvalue weighted by Crippen LogP contribution is 2.32. The number of carboxylic acid groups (broad SMARTS) is 1. The molecule has 1 amide bonds. The van der Waals surface area contributed by atoms with Gasteiger partial charge in [0.15, 0.2) is 0 Å². The third kappa shape index (κ3) is 4.69. The van der Waals surface area contributed by atoms with Gasteiger partial charge in [0.05, 0.1) is 7.11 Å². The Morgan fingerprint density at radius 3 is 2.15 bits per heavy atom. The van der Waals surface area contributed by atoms with E-state index in [4.69, 9.17) is 9.15 Å². The van der Waals surface area contributed by atoms with E-state index in [9.17, 15) is 23.5 Å². The lowest BCUT2D eigenvalue weighted by Gasteiger charge is -2.25. The molecule has 0 aliphatic rings. The van der Waals surface area contributed by atoms with Crippen molar-refractivity contribution in [3.05, 3.63) is 90.0 Å². The smallest absolute Gasteiger partial charge is 0.417 e. The van der Waals surface area contributed by atoms with Crippen LogP contribution in [0.2, 0.25) is 0 Å². The molecule has 168 valence electrons. The van der Waals surface area contributed by atoms with E-state index in [0.717, 1.165) is 23.1 Å². The summed E-state index contributed by atoms with van der Waals surface area (Å²) in [7, 11) is 1.14. The number of ether oxygens (including phenoxy) is 1. The molecule has 4 aromatic rings. The van der Waals surface area contributed by atoms with Crippen molar-refractivity contribution in [1.29, 1.82) is 0 Å². The van der Waals surface area contributed by atoms with Crippen LogP contribution >= 0.6 is 0 Å². The lowest BCUT2D eigenvalue weighted by molar-refractivity contribution is -0.138. The summed E-state index contributed by atoms with van der Waals surface area (Å²) in [6.45, 7) is 0. The van der Waals surface area contributed by atoms with Crippen molar-refractivity contribution in [2.24, 2.45) is 0 Å². The predicted octanol–water partition coefficient (Wildman–Crippen LogP) is 5.65. The van der Waals surface area contributed by atoms with Crippen molar-refractivity contribution in [1.82, 2.24) is 0 Å².